The second-order valence-corrected chi connectivity index (χ2v) is 10.7. The maximum Gasteiger partial charge on any atom is 0.362 e. The van der Waals surface area contributed by atoms with Gasteiger partial charge in [-0.3, -0.25) is 0 Å². The molecular formula is C32H39N3O6. The quantitative estimate of drug-likeness (QED) is 0.472. The highest BCUT2D eigenvalue weighted by molar-refractivity contribution is 5.86. The van der Waals surface area contributed by atoms with Gasteiger partial charge in [-0.2, -0.15) is 0 Å². The van der Waals surface area contributed by atoms with Gasteiger partial charge in [0.1, 0.15) is 11.2 Å². The molecule has 9 nitrogen and oxygen atoms in total. The summed E-state index contributed by atoms with van der Waals surface area (Å²) in [5.41, 5.74) is 7.18. The molecule has 0 atom stereocenters. The predicted octanol–water partition coefficient (Wildman–Crippen LogP) is 3.94. The van der Waals surface area contributed by atoms with Crippen molar-refractivity contribution in [2.75, 3.05) is 88.8 Å². The number of rotatable bonds is 3. The van der Waals surface area contributed by atoms with Crippen molar-refractivity contribution in [2.24, 2.45) is 0 Å². The molecule has 0 bridgehead atoms. The average Bonchev–Trinajstić information content (AvgIpc) is 3.01. The molecule has 0 aliphatic carbocycles. The molecule has 0 amide bonds. The fourth-order valence-electron chi connectivity index (χ4n) is 5.89. The summed E-state index contributed by atoms with van der Waals surface area (Å²) in [5, 5.41) is 0. The van der Waals surface area contributed by atoms with Crippen molar-refractivity contribution in [2.45, 2.75) is 25.7 Å². The van der Waals surface area contributed by atoms with Gasteiger partial charge in [0, 0.05) is 43.1 Å². The van der Waals surface area contributed by atoms with Crippen LogP contribution in [-0.4, -0.2) is 84.0 Å². The Hall–Kier alpha value is -3.24. The van der Waals surface area contributed by atoms with Crippen molar-refractivity contribution >= 4 is 34.6 Å². The average molecular weight is 562 g/mol. The van der Waals surface area contributed by atoms with Gasteiger partial charge in [-0.05, 0) is 61.1 Å². The first kappa shape index (κ1) is 27.9. The highest BCUT2D eigenvalue weighted by Gasteiger charge is 2.27. The van der Waals surface area contributed by atoms with Crippen LogP contribution in [0.2, 0.25) is 0 Å². The van der Waals surface area contributed by atoms with Gasteiger partial charge in [0.2, 0.25) is 0 Å². The smallest absolute Gasteiger partial charge is 0.362 e. The molecule has 2 aromatic carbocycles. The zero-order valence-electron chi connectivity index (χ0n) is 23.6. The summed E-state index contributed by atoms with van der Waals surface area (Å²) in [6.07, 6.45) is 7.88. The van der Waals surface area contributed by atoms with Crippen LogP contribution in [0.3, 0.4) is 0 Å². The maximum atomic E-state index is 12.9. The number of benzene rings is 2. The second-order valence-electron chi connectivity index (χ2n) is 10.7. The van der Waals surface area contributed by atoms with Crippen molar-refractivity contribution < 1.29 is 23.4 Å². The minimum Gasteiger partial charge on any atom is -0.419 e. The number of anilines is 2. The second kappa shape index (κ2) is 13.6. The van der Waals surface area contributed by atoms with Crippen LogP contribution in [0.25, 0.3) is 23.3 Å². The number of hydrogen-bond acceptors (Lipinski definition) is 9. The Morgan fingerprint density at radius 3 is 2.02 bits per heavy atom. The minimum absolute atomic E-state index is 0.324. The van der Waals surface area contributed by atoms with Gasteiger partial charge >= 0.3 is 5.63 Å². The summed E-state index contributed by atoms with van der Waals surface area (Å²) in [7, 11) is 0. The molecule has 4 heterocycles. The van der Waals surface area contributed by atoms with E-state index >= 15 is 0 Å². The number of ether oxygens (including phenoxy) is 4. The Balaban J connectivity index is 1.16. The molecule has 3 aliphatic heterocycles. The van der Waals surface area contributed by atoms with Crippen LogP contribution in [-0.2, 0) is 31.8 Å². The highest BCUT2D eigenvalue weighted by atomic mass is 16.6. The molecule has 218 valence electrons. The van der Waals surface area contributed by atoms with E-state index in [1.165, 1.54) is 11.3 Å². The van der Waals surface area contributed by atoms with Gasteiger partial charge in [0.15, 0.2) is 5.58 Å². The molecule has 0 spiro atoms. The lowest BCUT2D eigenvalue weighted by Gasteiger charge is -2.36. The zero-order chi connectivity index (χ0) is 27.9. The monoisotopic (exact) mass is 561 g/mol. The van der Waals surface area contributed by atoms with E-state index in [9.17, 15) is 4.79 Å². The lowest BCUT2D eigenvalue weighted by atomic mass is 9.91. The van der Waals surface area contributed by atoms with E-state index in [2.05, 4.69) is 28.0 Å². The third-order valence-electron chi connectivity index (χ3n) is 7.92. The van der Waals surface area contributed by atoms with Crippen molar-refractivity contribution in [1.82, 2.24) is 4.98 Å². The largest absolute Gasteiger partial charge is 0.419 e. The molecule has 6 rings (SSSR count). The number of aryl methyl sites for hydroxylation is 2. The number of aromatic nitrogens is 1. The number of nitrogens with zero attached hydrogens (tertiary/aromatic N) is 3. The third kappa shape index (κ3) is 6.81. The predicted molar refractivity (Wildman–Crippen MR) is 160 cm³/mol. The Morgan fingerprint density at radius 2 is 1.34 bits per heavy atom. The molecule has 1 fully saturated rings. The first-order chi connectivity index (χ1) is 20.3. The van der Waals surface area contributed by atoms with E-state index in [-0.39, 0.29) is 0 Å². The van der Waals surface area contributed by atoms with Crippen LogP contribution in [0.4, 0.5) is 11.4 Å². The van der Waals surface area contributed by atoms with Gasteiger partial charge in [-0.1, -0.05) is 18.2 Å². The van der Waals surface area contributed by atoms with Gasteiger partial charge in [-0.15, -0.1) is 0 Å². The lowest BCUT2D eigenvalue weighted by Crippen LogP contribution is -2.34. The first-order valence-electron chi connectivity index (χ1n) is 14.8. The lowest BCUT2D eigenvalue weighted by molar-refractivity contribution is 0.00206. The molecule has 0 saturated carbocycles. The molecule has 0 radical (unpaired) electrons. The topological polar surface area (TPSA) is 86.5 Å². The Kier molecular flexibility index (Phi) is 9.27. The van der Waals surface area contributed by atoms with Gasteiger partial charge in [0.25, 0.3) is 0 Å². The fourth-order valence-corrected chi connectivity index (χ4v) is 5.89. The minimum atomic E-state index is -0.396. The van der Waals surface area contributed by atoms with E-state index in [1.54, 1.807) is 6.08 Å². The van der Waals surface area contributed by atoms with Crippen LogP contribution in [0.15, 0.2) is 39.5 Å². The van der Waals surface area contributed by atoms with Gasteiger partial charge in [-0.25, -0.2) is 9.78 Å². The SMILES string of the molecule is O=c1oc2c3c4c(cc2nc1/C=C/c1ccc(N2CCOCCOCCOCCOCC2)cc1)CCCN4CCC3. The van der Waals surface area contributed by atoms with Crippen LogP contribution in [0.1, 0.15) is 35.2 Å². The molecule has 3 aromatic rings. The van der Waals surface area contributed by atoms with Crippen LogP contribution >= 0.6 is 0 Å². The molecular weight excluding hydrogens is 522 g/mol. The van der Waals surface area contributed by atoms with E-state index in [0.717, 1.165) is 74.2 Å². The van der Waals surface area contributed by atoms with Gasteiger partial charge < -0.3 is 33.2 Å². The summed E-state index contributed by atoms with van der Waals surface area (Å²) in [4.78, 5) is 22.4. The van der Waals surface area contributed by atoms with E-state index in [4.69, 9.17) is 28.3 Å². The summed E-state index contributed by atoms with van der Waals surface area (Å²) in [5.74, 6) is 0. The van der Waals surface area contributed by atoms with E-state index < -0.39 is 5.63 Å². The molecule has 1 aromatic heterocycles. The molecule has 0 N–H and O–H groups in total. The number of hydrogen-bond donors (Lipinski definition) is 0. The fraction of sp³-hybridized carbons (Fsp3) is 0.500. The molecule has 1 saturated heterocycles. The maximum absolute atomic E-state index is 12.9. The summed E-state index contributed by atoms with van der Waals surface area (Å²) in [6.45, 7) is 8.25. The third-order valence-corrected chi connectivity index (χ3v) is 7.92. The zero-order valence-corrected chi connectivity index (χ0v) is 23.6. The number of fused-ring (bicyclic) bond motifs is 2. The summed E-state index contributed by atoms with van der Waals surface area (Å²) < 4.78 is 28.4. The summed E-state index contributed by atoms with van der Waals surface area (Å²) in [6, 6.07) is 10.4. The molecule has 9 heteroatoms. The van der Waals surface area contributed by atoms with Gasteiger partial charge in [0.05, 0.1) is 52.9 Å². The van der Waals surface area contributed by atoms with Crippen molar-refractivity contribution in [1.29, 1.82) is 0 Å². The van der Waals surface area contributed by atoms with E-state index in [0.29, 0.717) is 64.1 Å². The van der Waals surface area contributed by atoms with Crippen molar-refractivity contribution in [3.05, 3.63) is 63.1 Å². The Morgan fingerprint density at radius 1 is 0.707 bits per heavy atom. The van der Waals surface area contributed by atoms with Crippen molar-refractivity contribution in [3.63, 3.8) is 0 Å². The summed E-state index contributed by atoms with van der Waals surface area (Å²) >= 11 is 0. The molecule has 0 unspecified atom stereocenters. The molecule has 3 aliphatic rings. The van der Waals surface area contributed by atoms with Crippen LogP contribution in [0.5, 0.6) is 0 Å². The highest BCUT2D eigenvalue weighted by Crippen LogP contribution is 2.39. The van der Waals surface area contributed by atoms with Crippen molar-refractivity contribution in [3.8, 4) is 0 Å². The molecule has 41 heavy (non-hydrogen) atoms. The standard InChI is InChI=1S/C32H39N3O6/c36-32-28(33-29-23-25-3-1-11-35-12-2-4-27(30(25)35)31(29)41-32)10-7-24-5-8-26(9-6-24)34-13-15-37-17-19-39-21-22-40-20-18-38-16-14-34/h5-10,23H,1-4,11-22H2/b10-7+. The van der Waals surface area contributed by atoms with E-state index in [1.807, 2.05) is 18.2 Å². The normalized spacial score (nSPS) is 19.6. The Labute approximate surface area is 240 Å². The first-order valence-corrected chi connectivity index (χ1v) is 14.8. The Bertz CT molecular complexity index is 1390. The van der Waals surface area contributed by atoms with Crippen LogP contribution < -0.4 is 15.4 Å². The van der Waals surface area contributed by atoms with Crippen LogP contribution in [0, 0.1) is 0 Å².